The molecule has 6 heteroatoms. The van der Waals surface area contributed by atoms with Crippen molar-refractivity contribution in [2.45, 2.75) is 13.8 Å². The van der Waals surface area contributed by atoms with Crippen molar-refractivity contribution in [1.29, 1.82) is 0 Å². The van der Waals surface area contributed by atoms with Crippen LogP contribution in [0.2, 0.25) is 0 Å². The highest BCUT2D eigenvalue weighted by atomic mass is 19.1. The lowest BCUT2D eigenvalue weighted by atomic mass is 10.2. The van der Waals surface area contributed by atoms with E-state index in [9.17, 15) is 4.39 Å². The molecule has 0 unspecified atom stereocenters. The number of imidazole rings is 1. The second kappa shape index (κ2) is 5.74. The summed E-state index contributed by atoms with van der Waals surface area (Å²) in [5.41, 5.74) is 2.34. The van der Waals surface area contributed by atoms with Crippen LogP contribution in [0.4, 0.5) is 4.39 Å². The van der Waals surface area contributed by atoms with Gasteiger partial charge >= 0.3 is 0 Å². The minimum Gasteiger partial charge on any atom is -0.271 e. The molecule has 108 valence electrons. The van der Waals surface area contributed by atoms with E-state index in [1.54, 1.807) is 23.9 Å². The molecule has 0 saturated carbocycles. The van der Waals surface area contributed by atoms with Crippen molar-refractivity contribution in [3.63, 3.8) is 0 Å². The molecule has 0 amide bonds. The third-order valence-electron chi connectivity index (χ3n) is 2.94. The molecule has 3 rings (SSSR count). The third kappa shape index (κ3) is 2.99. The molecule has 0 radical (unpaired) electrons. The summed E-state index contributed by atoms with van der Waals surface area (Å²) >= 11 is 0. The molecule has 0 aliphatic rings. The Bertz CT molecular complexity index is 889. The van der Waals surface area contributed by atoms with Crippen LogP contribution in [0, 0.1) is 31.6 Å². The smallest absolute Gasteiger partial charge is 0.237 e. The molecule has 0 aliphatic heterocycles. The molecule has 0 fully saturated rings. The predicted octanol–water partition coefficient (Wildman–Crippen LogP) is 2.21. The quantitative estimate of drug-likeness (QED) is 0.510. The Morgan fingerprint density at radius 1 is 1.05 bits per heavy atom. The standard InChI is InChI=1S/C16H12FN5/c1-11-9-13(5-7-18-11)3-4-14-10-22(12(2)20-14)16-19-8-6-15(17)21-16/h5-10H,1-2H3. The van der Waals surface area contributed by atoms with Crippen LogP contribution in [-0.4, -0.2) is 24.5 Å². The first-order valence-corrected chi connectivity index (χ1v) is 6.61. The molecule has 0 N–H and O–H groups in total. The summed E-state index contributed by atoms with van der Waals surface area (Å²) in [6.07, 6.45) is 4.76. The van der Waals surface area contributed by atoms with E-state index in [4.69, 9.17) is 0 Å². The zero-order valence-corrected chi connectivity index (χ0v) is 12.1. The Morgan fingerprint density at radius 2 is 1.86 bits per heavy atom. The number of hydrogen-bond acceptors (Lipinski definition) is 4. The number of pyridine rings is 1. The van der Waals surface area contributed by atoms with E-state index in [-0.39, 0.29) is 5.95 Å². The minimum atomic E-state index is -0.585. The fourth-order valence-electron chi connectivity index (χ4n) is 1.94. The Balaban J connectivity index is 1.93. The lowest BCUT2D eigenvalue weighted by Gasteiger charge is -2.00. The van der Waals surface area contributed by atoms with Gasteiger partial charge in [-0.25, -0.2) is 9.97 Å². The molecule has 0 spiro atoms. The van der Waals surface area contributed by atoms with Crippen LogP contribution in [0.1, 0.15) is 22.8 Å². The van der Waals surface area contributed by atoms with Crippen molar-refractivity contribution in [2.24, 2.45) is 0 Å². The van der Waals surface area contributed by atoms with E-state index in [1.165, 1.54) is 12.3 Å². The second-order valence-corrected chi connectivity index (χ2v) is 4.66. The van der Waals surface area contributed by atoms with Gasteiger partial charge in [-0.3, -0.25) is 9.55 Å². The van der Waals surface area contributed by atoms with Crippen LogP contribution in [0.25, 0.3) is 5.95 Å². The fourth-order valence-corrected chi connectivity index (χ4v) is 1.94. The van der Waals surface area contributed by atoms with Crippen molar-refractivity contribution in [3.8, 4) is 17.8 Å². The maximum atomic E-state index is 13.2. The van der Waals surface area contributed by atoms with Crippen LogP contribution >= 0.6 is 0 Å². The first kappa shape index (κ1) is 13.9. The normalized spacial score (nSPS) is 10.1. The van der Waals surface area contributed by atoms with Crippen LogP contribution in [0.15, 0.2) is 36.8 Å². The highest BCUT2D eigenvalue weighted by Crippen LogP contribution is 2.08. The van der Waals surface area contributed by atoms with Gasteiger partial charge in [0.2, 0.25) is 11.9 Å². The Kier molecular flexibility index (Phi) is 3.62. The SMILES string of the molecule is Cc1cc(C#Cc2cn(-c3nccc(F)n3)c(C)n2)ccn1. The monoisotopic (exact) mass is 293 g/mol. The van der Waals surface area contributed by atoms with Gasteiger partial charge < -0.3 is 0 Å². The summed E-state index contributed by atoms with van der Waals surface area (Å²) in [7, 11) is 0. The van der Waals surface area contributed by atoms with Crippen LogP contribution in [0.5, 0.6) is 0 Å². The highest BCUT2D eigenvalue weighted by Gasteiger charge is 2.07. The van der Waals surface area contributed by atoms with Crippen molar-refractivity contribution >= 4 is 0 Å². The van der Waals surface area contributed by atoms with Gasteiger partial charge in [0.1, 0.15) is 11.5 Å². The molecule has 0 aliphatic carbocycles. The van der Waals surface area contributed by atoms with E-state index >= 15 is 0 Å². The fraction of sp³-hybridized carbons (Fsp3) is 0.125. The highest BCUT2D eigenvalue weighted by molar-refractivity contribution is 5.40. The van der Waals surface area contributed by atoms with E-state index in [0.717, 1.165) is 11.3 Å². The van der Waals surface area contributed by atoms with Crippen molar-refractivity contribution in [2.75, 3.05) is 0 Å². The van der Waals surface area contributed by atoms with Gasteiger partial charge in [-0.1, -0.05) is 5.92 Å². The Labute approximate surface area is 126 Å². The van der Waals surface area contributed by atoms with Crippen molar-refractivity contribution in [1.82, 2.24) is 24.5 Å². The van der Waals surface area contributed by atoms with E-state index in [0.29, 0.717) is 11.5 Å². The molecular weight excluding hydrogens is 281 g/mol. The Morgan fingerprint density at radius 3 is 2.64 bits per heavy atom. The number of halogens is 1. The number of aromatic nitrogens is 5. The first-order valence-electron chi connectivity index (χ1n) is 6.61. The maximum Gasteiger partial charge on any atom is 0.237 e. The maximum absolute atomic E-state index is 13.2. The molecule has 0 atom stereocenters. The van der Waals surface area contributed by atoms with Crippen LogP contribution in [0.3, 0.4) is 0 Å². The van der Waals surface area contributed by atoms with Crippen molar-refractivity contribution in [3.05, 3.63) is 65.5 Å². The number of aryl methyl sites for hydroxylation is 2. The molecule has 0 saturated heterocycles. The molecule has 0 aromatic carbocycles. The summed E-state index contributed by atoms with van der Waals surface area (Å²) in [6, 6.07) is 4.92. The average molecular weight is 293 g/mol. The van der Waals surface area contributed by atoms with Gasteiger partial charge in [0.15, 0.2) is 0 Å². The summed E-state index contributed by atoms with van der Waals surface area (Å²) in [5.74, 6) is 6.29. The summed E-state index contributed by atoms with van der Waals surface area (Å²) in [4.78, 5) is 16.2. The molecular formula is C16H12FN5. The van der Waals surface area contributed by atoms with Gasteiger partial charge in [-0.15, -0.1) is 0 Å². The third-order valence-corrected chi connectivity index (χ3v) is 2.94. The summed E-state index contributed by atoms with van der Waals surface area (Å²) < 4.78 is 14.8. The molecule has 5 nitrogen and oxygen atoms in total. The topological polar surface area (TPSA) is 56.5 Å². The molecule has 3 heterocycles. The molecule has 0 bridgehead atoms. The van der Waals surface area contributed by atoms with Gasteiger partial charge in [-0.2, -0.15) is 9.37 Å². The predicted molar refractivity (Wildman–Crippen MR) is 78.8 cm³/mol. The molecule has 3 aromatic heterocycles. The number of nitrogens with zero attached hydrogens (tertiary/aromatic N) is 5. The van der Waals surface area contributed by atoms with Crippen molar-refractivity contribution < 1.29 is 4.39 Å². The van der Waals surface area contributed by atoms with E-state index in [1.807, 2.05) is 19.1 Å². The first-order chi connectivity index (χ1) is 10.6. The summed E-state index contributed by atoms with van der Waals surface area (Å²) in [6.45, 7) is 3.70. The lowest BCUT2D eigenvalue weighted by Crippen LogP contribution is -2.02. The van der Waals surface area contributed by atoms with Gasteiger partial charge in [0.25, 0.3) is 0 Å². The zero-order valence-electron chi connectivity index (χ0n) is 12.1. The largest absolute Gasteiger partial charge is 0.271 e. The van der Waals surface area contributed by atoms with Gasteiger partial charge in [0, 0.05) is 35.9 Å². The van der Waals surface area contributed by atoms with Gasteiger partial charge in [-0.05, 0) is 31.9 Å². The lowest BCUT2D eigenvalue weighted by molar-refractivity contribution is 0.574. The second-order valence-electron chi connectivity index (χ2n) is 4.66. The minimum absolute atomic E-state index is 0.234. The number of rotatable bonds is 1. The Hall–Kier alpha value is -3.07. The zero-order chi connectivity index (χ0) is 15.5. The molecule has 3 aromatic rings. The summed E-state index contributed by atoms with van der Waals surface area (Å²) in [5, 5.41) is 0. The molecule has 22 heavy (non-hydrogen) atoms. The van der Waals surface area contributed by atoms with E-state index in [2.05, 4.69) is 31.8 Å². The average Bonchev–Trinajstić information content (AvgIpc) is 2.86. The van der Waals surface area contributed by atoms with Crippen LogP contribution < -0.4 is 0 Å². The van der Waals surface area contributed by atoms with Crippen LogP contribution in [-0.2, 0) is 0 Å². The van der Waals surface area contributed by atoms with E-state index < -0.39 is 5.95 Å². The number of hydrogen-bond donors (Lipinski definition) is 0. The van der Waals surface area contributed by atoms with Gasteiger partial charge in [0.05, 0.1) is 0 Å².